The van der Waals surface area contributed by atoms with Gasteiger partial charge in [0.2, 0.25) is 11.7 Å². The van der Waals surface area contributed by atoms with Crippen molar-refractivity contribution in [3.63, 3.8) is 0 Å². The highest BCUT2D eigenvalue weighted by atomic mass is 16.5. The van der Waals surface area contributed by atoms with Crippen LogP contribution in [0, 0.1) is 0 Å². The minimum atomic E-state index is 0.149. The molecule has 0 spiro atoms. The smallest absolute Gasteiger partial charge is 0.240 e. The van der Waals surface area contributed by atoms with Crippen LogP contribution in [0.3, 0.4) is 0 Å². The molecule has 0 saturated carbocycles. The van der Waals surface area contributed by atoms with E-state index in [4.69, 9.17) is 4.52 Å². The lowest BCUT2D eigenvalue weighted by atomic mass is 10.1. The number of hydrogen-bond acceptors (Lipinski definition) is 6. The van der Waals surface area contributed by atoms with Crippen LogP contribution < -0.4 is 5.32 Å². The normalized spacial score (nSPS) is 12.2. The molecule has 0 aliphatic heterocycles. The van der Waals surface area contributed by atoms with E-state index >= 15 is 0 Å². The van der Waals surface area contributed by atoms with E-state index in [0.717, 1.165) is 11.3 Å². The van der Waals surface area contributed by atoms with Gasteiger partial charge in [-0.15, -0.1) is 0 Å². The molecule has 0 saturated heterocycles. The SMILES string of the molecule is CC(NCc1nc(-c2cccnc2)no1)c1ccc(-n2cccn2)cc1. The predicted octanol–water partition coefficient (Wildman–Crippen LogP) is 3.17. The fraction of sp³-hybridized carbons (Fsp3) is 0.158. The van der Waals surface area contributed by atoms with Gasteiger partial charge in [0, 0.05) is 36.4 Å². The first-order chi connectivity index (χ1) is 12.8. The van der Waals surface area contributed by atoms with Crippen molar-refractivity contribution in [2.45, 2.75) is 19.5 Å². The van der Waals surface area contributed by atoms with Gasteiger partial charge < -0.3 is 9.84 Å². The number of hydrogen-bond donors (Lipinski definition) is 1. The molecule has 130 valence electrons. The number of nitrogens with one attached hydrogen (secondary N) is 1. The molecule has 3 heterocycles. The molecule has 26 heavy (non-hydrogen) atoms. The minimum absolute atomic E-state index is 0.149. The number of benzene rings is 1. The Hall–Kier alpha value is -3.32. The third kappa shape index (κ3) is 3.52. The van der Waals surface area contributed by atoms with Gasteiger partial charge in [-0.3, -0.25) is 4.98 Å². The molecule has 3 aromatic heterocycles. The molecule has 0 fully saturated rings. The maximum atomic E-state index is 5.31. The summed E-state index contributed by atoms with van der Waals surface area (Å²) in [5.41, 5.74) is 3.04. The van der Waals surface area contributed by atoms with E-state index in [9.17, 15) is 0 Å². The van der Waals surface area contributed by atoms with E-state index in [-0.39, 0.29) is 6.04 Å². The lowest BCUT2D eigenvalue weighted by Gasteiger charge is -2.13. The van der Waals surface area contributed by atoms with Crippen LogP contribution in [0.15, 0.2) is 71.8 Å². The number of nitrogens with zero attached hydrogens (tertiary/aromatic N) is 5. The van der Waals surface area contributed by atoms with Gasteiger partial charge in [0.1, 0.15) is 0 Å². The molecule has 4 rings (SSSR count). The van der Waals surface area contributed by atoms with Crippen molar-refractivity contribution >= 4 is 0 Å². The lowest BCUT2D eigenvalue weighted by molar-refractivity contribution is 0.360. The first kappa shape index (κ1) is 16.2. The molecule has 0 bridgehead atoms. The van der Waals surface area contributed by atoms with Crippen molar-refractivity contribution < 1.29 is 4.52 Å². The van der Waals surface area contributed by atoms with Crippen LogP contribution in [-0.2, 0) is 6.54 Å². The summed E-state index contributed by atoms with van der Waals surface area (Å²) < 4.78 is 7.14. The molecule has 7 heteroatoms. The van der Waals surface area contributed by atoms with Crippen molar-refractivity contribution in [1.29, 1.82) is 0 Å². The molecule has 7 nitrogen and oxygen atoms in total. The van der Waals surface area contributed by atoms with E-state index in [1.807, 2.05) is 41.2 Å². The number of aromatic nitrogens is 5. The van der Waals surface area contributed by atoms with E-state index < -0.39 is 0 Å². The van der Waals surface area contributed by atoms with Crippen LogP contribution in [0.2, 0.25) is 0 Å². The molecule has 1 N–H and O–H groups in total. The Balaban J connectivity index is 1.38. The molecule has 0 aliphatic carbocycles. The average Bonchev–Trinajstić information content (AvgIpc) is 3.39. The highest BCUT2D eigenvalue weighted by Gasteiger charge is 2.11. The fourth-order valence-corrected chi connectivity index (χ4v) is 2.63. The summed E-state index contributed by atoms with van der Waals surface area (Å²) in [7, 11) is 0. The van der Waals surface area contributed by atoms with Crippen LogP contribution in [0.4, 0.5) is 0 Å². The van der Waals surface area contributed by atoms with Gasteiger partial charge in [0.05, 0.1) is 12.2 Å². The summed E-state index contributed by atoms with van der Waals surface area (Å²) in [5, 5.41) is 11.6. The molecular formula is C19H18N6O. The van der Waals surface area contributed by atoms with Crippen molar-refractivity contribution in [1.82, 2.24) is 30.2 Å². The Morgan fingerprint density at radius 2 is 2.00 bits per heavy atom. The molecule has 1 aromatic carbocycles. The highest BCUT2D eigenvalue weighted by molar-refractivity contribution is 5.51. The second kappa shape index (κ2) is 7.28. The van der Waals surface area contributed by atoms with E-state index in [1.165, 1.54) is 5.56 Å². The van der Waals surface area contributed by atoms with Crippen molar-refractivity contribution in [2.75, 3.05) is 0 Å². The summed E-state index contributed by atoms with van der Waals surface area (Å²) in [6.45, 7) is 2.59. The molecule has 0 amide bonds. The van der Waals surface area contributed by atoms with Gasteiger partial charge in [-0.25, -0.2) is 4.68 Å². The van der Waals surface area contributed by atoms with E-state index in [2.05, 4.69) is 44.6 Å². The molecule has 1 unspecified atom stereocenters. The van der Waals surface area contributed by atoms with Gasteiger partial charge in [-0.2, -0.15) is 10.1 Å². The number of rotatable bonds is 6. The van der Waals surface area contributed by atoms with Gasteiger partial charge in [-0.05, 0) is 42.8 Å². The zero-order valence-corrected chi connectivity index (χ0v) is 14.3. The molecule has 4 aromatic rings. The van der Waals surface area contributed by atoms with Crippen LogP contribution in [0.1, 0.15) is 24.4 Å². The maximum Gasteiger partial charge on any atom is 0.240 e. The molecule has 0 aliphatic rings. The molecule has 1 atom stereocenters. The van der Waals surface area contributed by atoms with E-state index in [0.29, 0.717) is 18.3 Å². The van der Waals surface area contributed by atoms with Crippen LogP contribution in [0.25, 0.3) is 17.1 Å². The zero-order chi connectivity index (χ0) is 17.8. The Morgan fingerprint density at radius 3 is 2.73 bits per heavy atom. The Bertz CT molecular complexity index is 947. The second-order valence-corrected chi connectivity index (χ2v) is 5.90. The largest absolute Gasteiger partial charge is 0.338 e. The lowest BCUT2D eigenvalue weighted by Crippen LogP contribution is -2.18. The van der Waals surface area contributed by atoms with Crippen molar-refractivity contribution in [2.24, 2.45) is 0 Å². The second-order valence-electron chi connectivity index (χ2n) is 5.90. The van der Waals surface area contributed by atoms with Crippen LogP contribution >= 0.6 is 0 Å². The summed E-state index contributed by atoms with van der Waals surface area (Å²) in [6, 6.07) is 14.1. The first-order valence-electron chi connectivity index (χ1n) is 8.36. The van der Waals surface area contributed by atoms with Crippen molar-refractivity contribution in [3.05, 3.63) is 78.7 Å². The highest BCUT2D eigenvalue weighted by Crippen LogP contribution is 2.17. The van der Waals surface area contributed by atoms with Gasteiger partial charge in [-0.1, -0.05) is 17.3 Å². The summed E-state index contributed by atoms with van der Waals surface area (Å²) in [4.78, 5) is 8.47. The van der Waals surface area contributed by atoms with Gasteiger partial charge >= 0.3 is 0 Å². The quantitative estimate of drug-likeness (QED) is 0.577. The monoisotopic (exact) mass is 346 g/mol. The summed E-state index contributed by atoms with van der Waals surface area (Å²) in [5.74, 6) is 1.09. The summed E-state index contributed by atoms with van der Waals surface area (Å²) in [6.07, 6.45) is 7.12. The average molecular weight is 346 g/mol. The van der Waals surface area contributed by atoms with Gasteiger partial charge in [0.25, 0.3) is 0 Å². The maximum absolute atomic E-state index is 5.31. The third-order valence-corrected chi connectivity index (χ3v) is 4.11. The molecular weight excluding hydrogens is 328 g/mol. The summed E-state index contributed by atoms with van der Waals surface area (Å²) >= 11 is 0. The Morgan fingerprint density at radius 1 is 1.12 bits per heavy atom. The third-order valence-electron chi connectivity index (χ3n) is 4.11. The van der Waals surface area contributed by atoms with Crippen molar-refractivity contribution in [3.8, 4) is 17.1 Å². The Kier molecular flexibility index (Phi) is 4.53. The zero-order valence-electron chi connectivity index (χ0n) is 14.3. The van der Waals surface area contributed by atoms with Crippen LogP contribution in [-0.4, -0.2) is 24.9 Å². The fourth-order valence-electron chi connectivity index (χ4n) is 2.63. The molecule has 0 radical (unpaired) electrons. The topological polar surface area (TPSA) is 81.7 Å². The predicted molar refractivity (Wildman–Crippen MR) is 96.3 cm³/mol. The standard InChI is InChI=1S/C19H18N6O/c1-14(15-5-7-17(8-6-15)25-11-3-10-22-25)21-13-18-23-19(24-26-18)16-4-2-9-20-12-16/h2-12,14,21H,13H2,1H3. The first-order valence-corrected chi connectivity index (χ1v) is 8.36. The van der Waals surface area contributed by atoms with Gasteiger partial charge in [0.15, 0.2) is 0 Å². The number of pyridine rings is 1. The minimum Gasteiger partial charge on any atom is -0.338 e. The Labute approximate surface area is 150 Å². The van der Waals surface area contributed by atoms with E-state index in [1.54, 1.807) is 18.6 Å². The van der Waals surface area contributed by atoms with Crippen LogP contribution in [0.5, 0.6) is 0 Å².